The van der Waals surface area contributed by atoms with E-state index < -0.39 is 0 Å². The summed E-state index contributed by atoms with van der Waals surface area (Å²) in [4.78, 5) is 18.6. The number of carbonyl (C=O) groups is 1. The number of rotatable bonds is 2. The van der Waals surface area contributed by atoms with E-state index in [0.29, 0.717) is 5.56 Å². The molecule has 0 radical (unpaired) electrons. The van der Waals surface area contributed by atoms with Crippen LogP contribution >= 0.6 is 11.8 Å². The number of imidazole rings is 1. The zero-order chi connectivity index (χ0) is 14.1. The van der Waals surface area contributed by atoms with Crippen molar-refractivity contribution in [3.05, 3.63) is 23.8 Å². The highest BCUT2D eigenvalue weighted by Gasteiger charge is 2.04. The van der Waals surface area contributed by atoms with E-state index in [-0.39, 0.29) is 5.78 Å². The number of aromatic nitrogens is 2. The molecule has 1 aromatic carbocycles. The molecule has 0 spiro atoms. The molecule has 0 saturated carbocycles. The quantitative estimate of drug-likeness (QED) is 0.641. The summed E-state index contributed by atoms with van der Waals surface area (Å²) < 4.78 is 0. The maximum atomic E-state index is 11.1. The molecule has 0 unspecified atom stereocenters. The second-order valence-corrected chi connectivity index (χ2v) is 3.83. The molecule has 0 aliphatic rings. The fraction of sp³-hybridized carbons (Fsp3) is 0.429. The SMILES string of the molecule is CC.CC.CSc1nc2ccc(C(C)=O)cc2[nH]1. The first-order valence-corrected chi connectivity index (χ1v) is 7.48. The van der Waals surface area contributed by atoms with Gasteiger partial charge in [-0.25, -0.2) is 4.98 Å². The van der Waals surface area contributed by atoms with Gasteiger partial charge >= 0.3 is 0 Å². The lowest BCUT2D eigenvalue weighted by molar-refractivity contribution is 0.101. The zero-order valence-electron chi connectivity index (χ0n) is 12.0. The highest BCUT2D eigenvalue weighted by atomic mass is 32.2. The third-order valence-electron chi connectivity index (χ3n) is 2.06. The normalized spacial score (nSPS) is 9.00. The molecule has 2 aromatic rings. The summed E-state index contributed by atoms with van der Waals surface area (Å²) in [5, 5.41) is 0.876. The van der Waals surface area contributed by atoms with Gasteiger partial charge in [0.15, 0.2) is 10.9 Å². The topological polar surface area (TPSA) is 45.8 Å². The molecular weight excluding hydrogens is 244 g/mol. The van der Waals surface area contributed by atoms with Crippen molar-refractivity contribution in [3.63, 3.8) is 0 Å². The summed E-state index contributed by atoms with van der Waals surface area (Å²) >= 11 is 1.56. The van der Waals surface area contributed by atoms with Gasteiger partial charge in [0.1, 0.15) is 0 Å². The smallest absolute Gasteiger partial charge is 0.166 e. The Balaban J connectivity index is 0.000000659. The molecule has 0 atom stereocenters. The Labute approximate surface area is 113 Å². The number of nitrogens with one attached hydrogen (secondary N) is 1. The van der Waals surface area contributed by atoms with Gasteiger partial charge < -0.3 is 4.98 Å². The largest absolute Gasteiger partial charge is 0.333 e. The standard InChI is InChI=1S/C10H10N2OS.2C2H6/c1-6(13)7-3-4-8-9(5-7)12-10(11-8)14-2;2*1-2/h3-5H,1-2H3,(H,11,12);2*1-2H3. The van der Waals surface area contributed by atoms with E-state index in [1.54, 1.807) is 24.8 Å². The number of fused-ring (bicyclic) bond motifs is 1. The fourth-order valence-corrected chi connectivity index (χ4v) is 1.70. The molecule has 0 amide bonds. The highest BCUT2D eigenvalue weighted by Crippen LogP contribution is 2.18. The summed E-state index contributed by atoms with van der Waals surface area (Å²) in [6.07, 6.45) is 1.96. The van der Waals surface area contributed by atoms with Crippen LogP contribution in [0.15, 0.2) is 23.4 Å². The van der Waals surface area contributed by atoms with Crippen molar-refractivity contribution >= 4 is 28.6 Å². The Kier molecular flexibility index (Phi) is 8.12. The Morgan fingerprint density at radius 1 is 1.22 bits per heavy atom. The van der Waals surface area contributed by atoms with Gasteiger partial charge in [0.05, 0.1) is 11.0 Å². The number of hydrogen-bond acceptors (Lipinski definition) is 3. The lowest BCUT2D eigenvalue weighted by Crippen LogP contribution is -1.90. The van der Waals surface area contributed by atoms with Crippen molar-refractivity contribution < 1.29 is 4.79 Å². The molecule has 1 N–H and O–H groups in total. The van der Waals surface area contributed by atoms with Gasteiger partial charge in [0, 0.05) is 5.56 Å². The van der Waals surface area contributed by atoms with Gasteiger partial charge in [0.2, 0.25) is 0 Å². The molecule has 0 aliphatic carbocycles. The van der Waals surface area contributed by atoms with Crippen molar-refractivity contribution in [3.8, 4) is 0 Å². The molecule has 0 fully saturated rings. The Morgan fingerprint density at radius 2 is 1.83 bits per heavy atom. The molecule has 18 heavy (non-hydrogen) atoms. The van der Waals surface area contributed by atoms with Crippen LogP contribution in [0, 0.1) is 0 Å². The van der Waals surface area contributed by atoms with E-state index in [1.165, 1.54) is 0 Å². The van der Waals surface area contributed by atoms with Crippen molar-refractivity contribution in [2.45, 2.75) is 39.8 Å². The highest BCUT2D eigenvalue weighted by molar-refractivity contribution is 7.98. The second kappa shape index (κ2) is 8.75. The average Bonchev–Trinajstić information content (AvgIpc) is 2.85. The van der Waals surface area contributed by atoms with Crippen LogP contribution in [0.4, 0.5) is 0 Å². The lowest BCUT2D eigenvalue weighted by atomic mass is 10.1. The molecule has 3 nitrogen and oxygen atoms in total. The first-order chi connectivity index (χ1) is 8.70. The summed E-state index contributed by atoms with van der Waals surface area (Å²) in [6.45, 7) is 9.56. The number of hydrogen-bond donors (Lipinski definition) is 1. The molecule has 2 rings (SSSR count). The number of thioether (sulfide) groups is 1. The molecule has 0 bridgehead atoms. The van der Waals surface area contributed by atoms with Crippen LogP contribution < -0.4 is 0 Å². The maximum Gasteiger partial charge on any atom is 0.166 e. The van der Waals surface area contributed by atoms with Crippen LogP contribution in [0.5, 0.6) is 0 Å². The Bertz CT molecular complexity index is 491. The van der Waals surface area contributed by atoms with Gasteiger partial charge in [-0.05, 0) is 31.4 Å². The van der Waals surface area contributed by atoms with Crippen LogP contribution in [-0.2, 0) is 0 Å². The summed E-state index contributed by atoms with van der Waals surface area (Å²) in [7, 11) is 0. The van der Waals surface area contributed by atoms with Crippen molar-refractivity contribution in [2.24, 2.45) is 0 Å². The minimum absolute atomic E-state index is 0.0761. The van der Waals surface area contributed by atoms with Crippen molar-refractivity contribution in [2.75, 3.05) is 6.26 Å². The minimum atomic E-state index is 0.0761. The van der Waals surface area contributed by atoms with Gasteiger partial charge in [-0.3, -0.25) is 4.79 Å². The van der Waals surface area contributed by atoms with Gasteiger partial charge in [-0.2, -0.15) is 0 Å². The molecule has 1 heterocycles. The number of nitrogens with zero attached hydrogens (tertiary/aromatic N) is 1. The third kappa shape index (κ3) is 4.18. The molecular formula is C14H22N2OS. The molecule has 100 valence electrons. The number of ketones is 1. The van der Waals surface area contributed by atoms with E-state index in [2.05, 4.69) is 9.97 Å². The van der Waals surface area contributed by atoms with Gasteiger partial charge in [-0.1, -0.05) is 39.5 Å². The van der Waals surface area contributed by atoms with Crippen LogP contribution in [0.1, 0.15) is 45.0 Å². The minimum Gasteiger partial charge on any atom is -0.333 e. The Hall–Kier alpha value is -1.29. The van der Waals surface area contributed by atoms with E-state index in [4.69, 9.17) is 0 Å². The van der Waals surface area contributed by atoms with Crippen molar-refractivity contribution in [1.29, 1.82) is 0 Å². The van der Waals surface area contributed by atoms with E-state index in [9.17, 15) is 4.79 Å². The number of Topliss-reactive ketones (excluding diaryl/α,β-unsaturated/α-hetero) is 1. The first kappa shape index (κ1) is 16.7. The van der Waals surface area contributed by atoms with Crippen LogP contribution in [0.3, 0.4) is 0 Å². The number of H-pyrrole nitrogens is 1. The van der Waals surface area contributed by atoms with E-state index in [0.717, 1.165) is 16.2 Å². The van der Waals surface area contributed by atoms with Crippen molar-refractivity contribution in [1.82, 2.24) is 9.97 Å². The van der Waals surface area contributed by atoms with Crippen LogP contribution in [0.25, 0.3) is 11.0 Å². The van der Waals surface area contributed by atoms with E-state index in [1.807, 2.05) is 46.1 Å². The summed E-state index contributed by atoms with van der Waals surface area (Å²) in [5.41, 5.74) is 2.54. The number of carbonyl (C=O) groups excluding carboxylic acids is 1. The average molecular weight is 266 g/mol. The van der Waals surface area contributed by atoms with Gasteiger partial charge in [-0.15, -0.1) is 0 Å². The van der Waals surface area contributed by atoms with Crippen LogP contribution in [0.2, 0.25) is 0 Å². The predicted octanol–water partition coefficient (Wildman–Crippen LogP) is 4.54. The molecule has 1 aromatic heterocycles. The monoisotopic (exact) mass is 266 g/mol. The molecule has 4 heteroatoms. The fourth-order valence-electron chi connectivity index (χ4n) is 1.30. The summed E-state index contributed by atoms with van der Waals surface area (Å²) in [6, 6.07) is 5.50. The maximum absolute atomic E-state index is 11.1. The Morgan fingerprint density at radius 3 is 2.33 bits per heavy atom. The molecule has 0 aliphatic heterocycles. The third-order valence-corrected chi connectivity index (χ3v) is 2.64. The molecule has 0 saturated heterocycles. The summed E-state index contributed by atoms with van der Waals surface area (Å²) in [5.74, 6) is 0.0761. The zero-order valence-corrected chi connectivity index (χ0v) is 12.8. The number of benzene rings is 1. The lowest BCUT2D eigenvalue weighted by Gasteiger charge is -1.93. The second-order valence-electron chi connectivity index (χ2n) is 3.03. The number of aromatic amines is 1. The first-order valence-electron chi connectivity index (χ1n) is 6.25. The predicted molar refractivity (Wildman–Crippen MR) is 80.6 cm³/mol. The van der Waals surface area contributed by atoms with E-state index >= 15 is 0 Å². The van der Waals surface area contributed by atoms with Gasteiger partial charge in [0.25, 0.3) is 0 Å². The van der Waals surface area contributed by atoms with Crippen LogP contribution in [-0.4, -0.2) is 22.0 Å².